The first-order chi connectivity index (χ1) is 14.9. The standard InChI is InChI=1S/C23H23BrN2O5/c1-25(2)10-3-11-26-20(14-4-7-16(24)8-5-14)19(22(28)23(26)29)21(27)15-6-9-17-18(12-15)31-13-30-17/h4-9,12,20,27H,3,10-11,13H2,1-2H3/b21-19+. The number of benzene rings is 2. The molecule has 162 valence electrons. The SMILES string of the molecule is CN(C)CCCN1C(=O)C(=O)/C(=C(/O)c2ccc3c(c2)OCO3)C1c1ccc(Br)cc1. The Morgan fingerprint density at radius 2 is 1.84 bits per heavy atom. The maximum Gasteiger partial charge on any atom is 0.295 e. The van der Waals surface area contributed by atoms with Crippen molar-refractivity contribution in [1.82, 2.24) is 9.80 Å². The molecule has 2 aromatic carbocycles. The van der Waals surface area contributed by atoms with Gasteiger partial charge in [-0.25, -0.2) is 0 Å². The number of rotatable bonds is 6. The Kier molecular flexibility index (Phi) is 6.02. The molecule has 2 aliphatic rings. The Morgan fingerprint density at radius 3 is 2.55 bits per heavy atom. The van der Waals surface area contributed by atoms with Crippen LogP contribution in [0.2, 0.25) is 0 Å². The van der Waals surface area contributed by atoms with Gasteiger partial charge in [0.2, 0.25) is 6.79 Å². The molecule has 0 saturated carbocycles. The number of carbonyl (C=O) groups excluding carboxylic acids is 2. The maximum absolute atomic E-state index is 13.0. The highest BCUT2D eigenvalue weighted by Crippen LogP contribution is 2.41. The summed E-state index contributed by atoms with van der Waals surface area (Å²) in [5.41, 5.74) is 1.24. The molecule has 0 bridgehead atoms. The average Bonchev–Trinajstić information content (AvgIpc) is 3.31. The molecular weight excluding hydrogens is 464 g/mol. The maximum atomic E-state index is 13.0. The molecule has 1 amide bonds. The van der Waals surface area contributed by atoms with Crippen molar-refractivity contribution in [2.45, 2.75) is 12.5 Å². The van der Waals surface area contributed by atoms with Gasteiger partial charge in [-0.15, -0.1) is 0 Å². The smallest absolute Gasteiger partial charge is 0.295 e. The largest absolute Gasteiger partial charge is 0.507 e. The highest BCUT2D eigenvalue weighted by Gasteiger charge is 2.45. The predicted molar refractivity (Wildman–Crippen MR) is 119 cm³/mol. The molecule has 0 radical (unpaired) electrons. The molecule has 1 N–H and O–H groups in total. The van der Waals surface area contributed by atoms with Gasteiger partial charge >= 0.3 is 0 Å². The van der Waals surface area contributed by atoms with Gasteiger partial charge in [0.25, 0.3) is 11.7 Å². The lowest BCUT2D eigenvalue weighted by Crippen LogP contribution is -2.32. The van der Waals surface area contributed by atoms with E-state index in [1.165, 1.54) is 0 Å². The number of hydrogen-bond acceptors (Lipinski definition) is 6. The van der Waals surface area contributed by atoms with E-state index < -0.39 is 17.7 Å². The van der Waals surface area contributed by atoms with E-state index in [1.54, 1.807) is 23.1 Å². The van der Waals surface area contributed by atoms with Crippen LogP contribution in [0.4, 0.5) is 0 Å². The number of hydrogen-bond donors (Lipinski definition) is 1. The van der Waals surface area contributed by atoms with E-state index in [4.69, 9.17) is 9.47 Å². The predicted octanol–water partition coefficient (Wildman–Crippen LogP) is 3.55. The first-order valence-electron chi connectivity index (χ1n) is 9.95. The Bertz CT molecular complexity index is 1050. The molecule has 8 heteroatoms. The Hall–Kier alpha value is -2.84. The second-order valence-corrected chi connectivity index (χ2v) is 8.68. The minimum Gasteiger partial charge on any atom is -0.507 e. The first kappa shape index (κ1) is 21.4. The minimum absolute atomic E-state index is 0.0797. The summed E-state index contributed by atoms with van der Waals surface area (Å²) in [4.78, 5) is 29.5. The van der Waals surface area contributed by atoms with Crippen molar-refractivity contribution in [3.8, 4) is 11.5 Å². The zero-order valence-corrected chi connectivity index (χ0v) is 18.9. The number of ketones is 1. The molecule has 1 unspecified atom stereocenters. The van der Waals surface area contributed by atoms with Gasteiger partial charge in [0.05, 0.1) is 11.6 Å². The quantitative estimate of drug-likeness (QED) is 0.382. The van der Waals surface area contributed by atoms with Gasteiger partial charge in [0.1, 0.15) is 5.76 Å². The third kappa shape index (κ3) is 4.18. The van der Waals surface area contributed by atoms with Crippen LogP contribution >= 0.6 is 15.9 Å². The fourth-order valence-electron chi connectivity index (χ4n) is 3.86. The van der Waals surface area contributed by atoms with E-state index >= 15 is 0 Å². The van der Waals surface area contributed by atoms with E-state index in [9.17, 15) is 14.7 Å². The molecule has 1 fully saturated rings. The molecule has 31 heavy (non-hydrogen) atoms. The van der Waals surface area contributed by atoms with Gasteiger partial charge in [-0.2, -0.15) is 0 Å². The summed E-state index contributed by atoms with van der Waals surface area (Å²) in [6.45, 7) is 1.29. The number of amides is 1. The third-order valence-corrected chi connectivity index (χ3v) is 5.90. The number of likely N-dealkylation sites (tertiary alicyclic amines) is 1. The van der Waals surface area contributed by atoms with Crippen LogP contribution in [0, 0.1) is 0 Å². The van der Waals surface area contributed by atoms with Crippen LogP contribution in [0.25, 0.3) is 5.76 Å². The second-order valence-electron chi connectivity index (χ2n) is 7.77. The van der Waals surface area contributed by atoms with Crippen molar-refractivity contribution in [3.63, 3.8) is 0 Å². The van der Waals surface area contributed by atoms with Crippen LogP contribution in [0.3, 0.4) is 0 Å². The van der Waals surface area contributed by atoms with E-state index in [-0.39, 0.29) is 18.1 Å². The molecule has 2 aliphatic heterocycles. The summed E-state index contributed by atoms with van der Waals surface area (Å²) in [7, 11) is 3.92. The Morgan fingerprint density at radius 1 is 1.13 bits per heavy atom. The summed E-state index contributed by atoms with van der Waals surface area (Å²) in [6, 6.07) is 11.7. The monoisotopic (exact) mass is 486 g/mol. The summed E-state index contributed by atoms with van der Waals surface area (Å²) in [6.07, 6.45) is 0.705. The van der Waals surface area contributed by atoms with Crippen molar-refractivity contribution < 1.29 is 24.2 Å². The fourth-order valence-corrected chi connectivity index (χ4v) is 4.12. The van der Waals surface area contributed by atoms with Gasteiger partial charge in [-0.1, -0.05) is 28.1 Å². The van der Waals surface area contributed by atoms with Crippen molar-refractivity contribution in [2.24, 2.45) is 0 Å². The second kappa shape index (κ2) is 8.72. The van der Waals surface area contributed by atoms with Crippen molar-refractivity contribution in [2.75, 3.05) is 34.0 Å². The summed E-state index contributed by atoms with van der Waals surface area (Å²) in [5, 5.41) is 11.1. The van der Waals surface area contributed by atoms with Crippen molar-refractivity contribution in [1.29, 1.82) is 0 Å². The Labute approximate surface area is 189 Å². The molecule has 2 aromatic rings. The molecule has 7 nitrogen and oxygen atoms in total. The van der Waals surface area contributed by atoms with Crippen LogP contribution in [0.1, 0.15) is 23.6 Å². The molecule has 4 rings (SSSR count). The highest BCUT2D eigenvalue weighted by atomic mass is 79.9. The lowest BCUT2D eigenvalue weighted by molar-refractivity contribution is -0.139. The van der Waals surface area contributed by atoms with Crippen molar-refractivity contribution in [3.05, 3.63) is 63.6 Å². The molecule has 0 aromatic heterocycles. The molecule has 0 aliphatic carbocycles. The lowest BCUT2D eigenvalue weighted by atomic mass is 9.95. The van der Waals surface area contributed by atoms with E-state index in [1.807, 2.05) is 43.3 Å². The number of ether oxygens (including phenoxy) is 2. The Balaban J connectivity index is 1.78. The topological polar surface area (TPSA) is 79.3 Å². The average molecular weight is 487 g/mol. The summed E-state index contributed by atoms with van der Waals surface area (Å²) >= 11 is 3.42. The molecule has 2 heterocycles. The number of aliphatic hydroxyl groups is 1. The minimum atomic E-state index is -0.687. The number of halogens is 1. The van der Waals surface area contributed by atoms with Gasteiger partial charge in [0.15, 0.2) is 11.5 Å². The van der Waals surface area contributed by atoms with Crippen LogP contribution in [0.5, 0.6) is 11.5 Å². The molecular formula is C23H23BrN2O5. The lowest BCUT2D eigenvalue weighted by Gasteiger charge is -2.26. The zero-order chi connectivity index (χ0) is 22.1. The van der Waals surface area contributed by atoms with E-state index in [2.05, 4.69) is 15.9 Å². The number of Topliss-reactive ketones (excluding diaryl/α,β-unsaturated/α-hetero) is 1. The van der Waals surface area contributed by atoms with Crippen LogP contribution in [0.15, 0.2) is 52.5 Å². The molecule has 1 saturated heterocycles. The zero-order valence-electron chi connectivity index (χ0n) is 17.3. The third-order valence-electron chi connectivity index (χ3n) is 5.38. The van der Waals surface area contributed by atoms with Crippen LogP contribution in [-0.4, -0.2) is 60.6 Å². The van der Waals surface area contributed by atoms with Gasteiger partial charge in [-0.3, -0.25) is 9.59 Å². The molecule has 0 spiro atoms. The summed E-state index contributed by atoms with van der Waals surface area (Å²) < 4.78 is 11.6. The number of nitrogens with zero attached hydrogens (tertiary/aromatic N) is 2. The van der Waals surface area contributed by atoms with Crippen LogP contribution in [-0.2, 0) is 9.59 Å². The first-order valence-corrected chi connectivity index (χ1v) is 10.7. The van der Waals surface area contributed by atoms with E-state index in [0.29, 0.717) is 30.0 Å². The number of fused-ring (bicyclic) bond motifs is 1. The van der Waals surface area contributed by atoms with Crippen molar-refractivity contribution >= 4 is 33.4 Å². The normalized spacial score (nSPS) is 19.5. The van der Waals surface area contributed by atoms with Gasteiger partial charge < -0.3 is 24.4 Å². The van der Waals surface area contributed by atoms with Crippen LogP contribution < -0.4 is 9.47 Å². The van der Waals surface area contributed by atoms with Gasteiger partial charge in [-0.05, 0) is 63.0 Å². The van der Waals surface area contributed by atoms with E-state index in [0.717, 1.165) is 16.6 Å². The highest BCUT2D eigenvalue weighted by molar-refractivity contribution is 9.10. The summed E-state index contributed by atoms with van der Waals surface area (Å²) in [5.74, 6) is -0.448. The fraction of sp³-hybridized carbons (Fsp3) is 0.304. The van der Waals surface area contributed by atoms with Gasteiger partial charge in [0, 0.05) is 16.6 Å². The number of aliphatic hydroxyl groups excluding tert-OH is 1. The number of carbonyl (C=O) groups is 2. The molecule has 1 atom stereocenters.